The zero-order valence-electron chi connectivity index (χ0n) is 18.3. The van der Waals surface area contributed by atoms with E-state index in [0.29, 0.717) is 0 Å². The molecule has 0 unspecified atom stereocenters. The minimum Gasteiger partial charge on any atom is -0.413 e. The molecular weight excluding hydrogens is 361 g/mol. The van der Waals surface area contributed by atoms with Crippen LogP contribution >= 0.6 is 0 Å². The number of nitrogens with one attached hydrogen (secondary N) is 1. The van der Waals surface area contributed by atoms with Crippen LogP contribution in [0.5, 0.6) is 0 Å². The van der Waals surface area contributed by atoms with Crippen LogP contribution in [0.1, 0.15) is 38.8 Å². The van der Waals surface area contributed by atoms with Crippen LogP contribution in [-0.4, -0.2) is 27.5 Å². The molecule has 0 radical (unpaired) electrons. The molecule has 0 amide bonds. The van der Waals surface area contributed by atoms with Crippen molar-refractivity contribution in [3.8, 4) is 0 Å². The first-order valence-corrected chi connectivity index (χ1v) is 13.2. The molecule has 2 aromatic carbocycles. The first-order valence-electron chi connectivity index (χ1n) is 10.3. The third-order valence-corrected chi connectivity index (χ3v) is 10.9. The molecule has 1 fully saturated rings. The van der Waals surface area contributed by atoms with Gasteiger partial charge in [0.1, 0.15) is 5.60 Å². The predicted molar refractivity (Wildman–Crippen MR) is 121 cm³/mol. The molecule has 1 saturated heterocycles. The summed E-state index contributed by atoms with van der Waals surface area (Å²) in [6.45, 7) is 15.8. The van der Waals surface area contributed by atoms with Crippen LogP contribution in [-0.2, 0) is 14.7 Å². The van der Waals surface area contributed by atoms with Gasteiger partial charge in [0.05, 0.1) is 12.1 Å². The van der Waals surface area contributed by atoms with Crippen molar-refractivity contribution in [1.82, 2.24) is 5.23 Å². The Bertz CT molecular complexity index is 737. The molecule has 150 valence electrons. The molecule has 2 aromatic rings. The molecule has 0 spiro atoms. The first kappa shape index (κ1) is 21.3. The van der Waals surface area contributed by atoms with Crippen LogP contribution in [0.15, 0.2) is 60.7 Å². The molecule has 3 rings (SSSR count). The number of rotatable bonds is 5. The van der Waals surface area contributed by atoms with Gasteiger partial charge < -0.3 is 14.3 Å². The van der Waals surface area contributed by atoms with Crippen molar-refractivity contribution in [1.29, 1.82) is 0 Å². The van der Waals surface area contributed by atoms with Crippen molar-refractivity contribution in [2.45, 2.75) is 70.4 Å². The second-order valence-electron chi connectivity index (χ2n) is 9.46. The predicted octanol–water partition coefficient (Wildman–Crippen LogP) is 5.45. The fraction of sp³-hybridized carbons (Fsp3) is 0.478. The van der Waals surface area contributed by atoms with Crippen molar-refractivity contribution in [3.05, 3.63) is 71.8 Å². The average Bonchev–Trinajstić information content (AvgIpc) is 3.00. The maximum absolute atomic E-state index is 6.83. The van der Waals surface area contributed by atoms with Crippen molar-refractivity contribution < 1.29 is 9.08 Å². The van der Waals surface area contributed by atoms with E-state index in [-0.39, 0.29) is 24.2 Å². The number of hydrogen-bond acceptors (Lipinski definition) is 3. The minimum absolute atomic E-state index is 0.00579. The lowest BCUT2D eigenvalue weighted by Gasteiger charge is -2.44. The summed E-state index contributed by atoms with van der Waals surface area (Å²) in [6.07, 6.45) is 0.00579. The van der Waals surface area contributed by atoms with E-state index in [1.165, 1.54) is 0 Å². The lowest BCUT2D eigenvalue weighted by atomic mass is 9.78. The Kier molecular flexibility index (Phi) is 5.93. The smallest absolute Gasteiger partial charge is 0.377 e. The number of hydrogen-bond donors (Lipinski definition) is 1. The number of benzene rings is 2. The van der Waals surface area contributed by atoms with E-state index in [4.69, 9.17) is 9.08 Å². The summed E-state index contributed by atoms with van der Waals surface area (Å²) in [4.78, 5) is 0. The molecule has 28 heavy (non-hydrogen) atoms. The molecule has 0 aliphatic carbocycles. The quantitative estimate of drug-likeness (QED) is 0.683. The lowest BCUT2D eigenvalue weighted by Crippen LogP contribution is -2.54. The van der Waals surface area contributed by atoms with Gasteiger partial charge in [-0.05, 0) is 43.0 Å². The second-order valence-corrected chi connectivity index (χ2v) is 14.2. The summed E-state index contributed by atoms with van der Waals surface area (Å²) in [5, 5.41) is 3.85. The molecule has 0 bridgehead atoms. The summed E-state index contributed by atoms with van der Waals surface area (Å²) in [5.74, 6) is 0. The zero-order valence-corrected chi connectivity index (χ0v) is 19.3. The Morgan fingerprint density at radius 2 is 1.46 bits per heavy atom. The summed E-state index contributed by atoms with van der Waals surface area (Å²) in [6, 6.07) is 21.1. The fourth-order valence-electron chi connectivity index (χ4n) is 3.97. The highest BCUT2D eigenvalue weighted by atomic mass is 28.4. The Morgan fingerprint density at radius 1 is 1.00 bits per heavy atom. The van der Waals surface area contributed by atoms with Crippen LogP contribution < -0.4 is 5.23 Å². The summed E-state index contributed by atoms with van der Waals surface area (Å²) in [5.41, 5.74) is 1.74. The van der Waals surface area contributed by atoms with E-state index in [1.54, 1.807) is 0 Å². The molecule has 2 atom stereocenters. The molecular formula is C23H34BNO2Si. The molecule has 1 heterocycles. The molecule has 1 N–H and O–H groups in total. The zero-order chi connectivity index (χ0) is 20.6. The third kappa shape index (κ3) is 3.86. The van der Waals surface area contributed by atoms with Gasteiger partial charge >= 0.3 is 7.05 Å². The molecule has 3 nitrogen and oxygen atoms in total. The van der Waals surface area contributed by atoms with Gasteiger partial charge in [-0.15, -0.1) is 0 Å². The second kappa shape index (κ2) is 7.79. The largest absolute Gasteiger partial charge is 0.413 e. The van der Waals surface area contributed by atoms with E-state index in [2.05, 4.69) is 114 Å². The van der Waals surface area contributed by atoms with Crippen LogP contribution in [0.3, 0.4) is 0 Å². The van der Waals surface area contributed by atoms with Gasteiger partial charge in [0.15, 0.2) is 8.32 Å². The van der Waals surface area contributed by atoms with Crippen LogP contribution in [0.25, 0.3) is 0 Å². The van der Waals surface area contributed by atoms with Gasteiger partial charge in [0, 0.05) is 0 Å². The van der Waals surface area contributed by atoms with E-state index in [1.807, 2.05) is 0 Å². The van der Waals surface area contributed by atoms with Crippen molar-refractivity contribution in [3.63, 3.8) is 0 Å². The molecule has 0 saturated carbocycles. The third-order valence-electron chi connectivity index (χ3n) is 6.38. The minimum atomic E-state index is -1.92. The monoisotopic (exact) mass is 395 g/mol. The van der Waals surface area contributed by atoms with Gasteiger partial charge in [0.2, 0.25) is 0 Å². The summed E-state index contributed by atoms with van der Waals surface area (Å²) in [7, 11) is -1.98. The normalized spacial score (nSPS) is 21.0. The highest BCUT2D eigenvalue weighted by Crippen LogP contribution is 2.44. The van der Waals surface area contributed by atoms with E-state index >= 15 is 0 Å². The summed E-state index contributed by atoms with van der Waals surface area (Å²) < 4.78 is 13.5. The Hall–Kier alpha value is -1.40. The Balaban J connectivity index is 2.08. The van der Waals surface area contributed by atoms with Gasteiger partial charge in [-0.25, -0.2) is 0 Å². The van der Waals surface area contributed by atoms with Gasteiger partial charge in [-0.1, -0.05) is 81.4 Å². The highest BCUT2D eigenvalue weighted by Gasteiger charge is 2.54. The van der Waals surface area contributed by atoms with Crippen LogP contribution in [0, 0.1) is 0 Å². The van der Waals surface area contributed by atoms with Crippen molar-refractivity contribution in [2.24, 2.45) is 0 Å². The lowest BCUT2D eigenvalue weighted by molar-refractivity contribution is 0.0503. The van der Waals surface area contributed by atoms with Crippen molar-refractivity contribution in [2.75, 3.05) is 0 Å². The maximum atomic E-state index is 6.83. The Morgan fingerprint density at radius 3 is 1.89 bits per heavy atom. The van der Waals surface area contributed by atoms with E-state index < -0.39 is 13.9 Å². The topological polar surface area (TPSA) is 30.5 Å². The molecule has 5 heteroatoms. The van der Waals surface area contributed by atoms with Crippen LogP contribution in [0.2, 0.25) is 25.0 Å². The standard InChI is InChI=1S/C23H34BNO2Si/c1-18(26-28(6,7)22(2,3)4)21-23(27-24(5)25-21,19-14-10-8-11-15-19)20-16-12-9-13-17-20/h8-18,21,25H,1-7H3/t18-,21+/m1/s1. The summed E-state index contributed by atoms with van der Waals surface area (Å²) >= 11 is 0. The highest BCUT2D eigenvalue weighted by molar-refractivity contribution is 6.74. The van der Waals surface area contributed by atoms with Crippen molar-refractivity contribution >= 4 is 15.4 Å². The molecule has 1 aliphatic heterocycles. The Labute approximate surface area is 172 Å². The van der Waals surface area contributed by atoms with Crippen LogP contribution in [0.4, 0.5) is 0 Å². The molecule has 0 aromatic heterocycles. The van der Waals surface area contributed by atoms with E-state index in [0.717, 1.165) is 11.1 Å². The first-order chi connectivity index (χ1) is 13.1. The van der Waals surface area contributed by atoms with Gasteiger partial charge in [-0.3, -0.25) is 0 Å². The maximum Gasteiger partial charge on any atom is 0.377 e. The molecule has 1 aliphatic rings. The average molecular weight is 395 g/mol. The van der Waals surface area contributed by atoms with E-state index in [9.17, 15) is 0 Å². The fourth-order valence-corrected chi connectivity index (χ4v) is 5.38. The SMILES string of the molecule is CB1N[C@@H]([C@@H](C)O[Si](C)(C)C(C)(C)C)C(c2ccccc2)(c2ccccc2)O1. The van der Waals surface area contributed by atoms with Gasteiger partial charge in [0.25, 0.3) is 0 Å². The van der Waals surface area contributed by atoms with Gasteiger partial charge in [-0.2, -0.15) is 0 Å².